The largest absolute Gasteiger partial charge is 0.492 e. The Kier molecular flexibility index (Phi) is 9.92. The van der Waals surface area contributed by atoms with Gasteiger partial charge in [0.15, 0.2) is 0 Å². The van der Waals surface area contributed by atoms with Gasteiger partial charge in [0, 0.05) is 107 Å². The first-order valence-electron chi connectivity index (χ1n) is 16.7. The summed E-state index contributed by atoms with van der Waals surface area (Å²) >= 11 is 1.43. The van der Waals surface area contributed by atoms with Gasteiger partial charge in [0.1, 0.15) is 29.7 Å². The summed E-state index contributed by atoms with van der Waals surface area (Å²) in [6, 6.07) is 9.82. The molecule has 3 aromatic heterocycles. The second-order valence-electron chi connectivity index (χ2n) is 12.2. The molecule has 0 saturated heterocycles. The van der Waals surface area contributed by atoms with Crippen molar-refractivity contribution in [1.82, 2.24) is 14.9 Å². The summed E-state index contributed by atoms with van der Waals surface area (Å²) in [4.78, 5) is 12.4. The van der Waals surface area contributed by atoms with Crippen LogP contribution in [-0.2, 0) is 17.7 Å². The summed E-state index contributed by atoms with van der Waals surface area (Å²) < 4.78 is 50.1. The van der Waals surface area contributed by atoms with E-state index in [1.165, 1.54) is 23.6 Å². The van der Waals surface area contributed by atoms with Crippen LogP contribution in [0, 0.1) is 17.0 Å². The van der Waals surface area contributed by atoms with E-state index >= 15 is 4.39 Å². The van der Waals surface area contributed by atoms with E-state index < -0.39 is 11.6 Å². The molecule has 2 aliphatic heterocycles. The van der Waals surface area contributed by atoms with Crippen LogP contribution in [0.4, 0.5) is 14.5 Å². The van der Waals surface area contributed by atoms with Crippen LogP contribution in [0.3, 0.4) is 0 Å². The topological polar surface area (TPSA) is 92.6 Å². The Morgan fingerprint density at radius 2 is 1.90 bits per heavy atom. The Balaban J connectivity index is 1.54. The van der Waals surface area contributed by atoms with Crippen LogP contribution >= 0.6 is 11.3 Å². The standard InChI is InChI=1S/C40H37F2N5O3S/c1-4-24(2)47-10-8-32-27(23-47)16-26(22-45-32)38-37-36-31(42)18-28(41)19-35(36)50-14-13-48-11-6-5-7-12-49-34-20-33(44-3)25(21-43)17-30(34)39(46-38)29-9-15-51-40(29)37/h4-6,9,15-22,43-44H,1-2,7-8,10-14,23H2,3H3/b6-5+,43-21?. The number of anilines is 1. The third-order valence-corrected chi connectivity index (χ3v) is 10.0. The Hall–Kier alpha value is -5.39. The highest BCUT2D eigenvalue weighted by atomic mass is 32.1. The second kappa shape index (κ2) is 14.8. The zero-order valence-electron chi connectivity index (χ0n) is 28.2. The molecule has 0 amide bonds. The summed E-state index contributed by atoms with van der Waals surface area (Å²) in [6.07, 6.45) is 10.0. The molecule has 0 saturated carbocycles. The SMILES string of the molecule is C=CC(=C)N1CCc2ncc(-c3nc4c5ccsc5c3-c3c(F)cc(F)cc3OCCOC/C=C/CCOc3cc(NC)c(C=N)cc3-4)cc2C1. The summed E-state index contributed by atoms with van der Waals surface area (Å²) in [7, 11) is 1.80. The Morgan fingerprint density at radius 1 is 1.04 bits per heavy atom. The highest BCUT2D eigenvalue weighted by Gasteiger charge is 2.28. The molecule has 2 N–H and O–H groups in total. The molecule has 2 aromatic carbocycles. The van der Waals surface area contributed by atoms with E-state index in [2.05, 4.69) is 23.4 Å². The fraction of sp³-hybridized carbons (Fsp3) is 0.225. The van der Waals surface area contributed by atoms with Crippen LogP contribution in [-0.4, -0.2) is 61.1 Å². The molecule has 2 bridgehead atoms. The van der Waals surface area contributed by atoms with Crippen molar-refractivity contribution in [2.45, 2.75) is 19.4 Å². The number of aromatic nitrogens is 2. The Morgan fingerprint density at radius 3 is 2.73 bits per heavy atom. The number of rotatable bonds is 5. The van der Waals surface area contributed by atoms with Crippen LogP contribution in [0.1, 0.15) is 23.2 Å². The van der Waals surface area contributed by atoms with Crippen molar-refractivity contribution in [1.29, 1.82) is 5.41 Å². The van der Waals surface area contributed by atoms with Crippen molar-refractivity contribution in [2.75, 3.05) is 45.3 Å². The molecule has 51 heavy (non-hydrogen) atoms. The molecule has 0 aliphatic carbocycles. The van der Waals surface area contributed by atoms with Gasteiger partial charge in [-0.05, 0) is 41.6 Å². The molecule has 11 heteroatoms. The maximum atomic E-state index is 16.3. The minimum absolute atomic E-state index is 0.0473. The Labute approximate surface area is 299 Å². The first kappa shape index (κ1) is 34.1. The van der Waals surface area contributed by atoms with E-state index in [0.717, 1.165) is 51.8 Å². The van der Waals surface area contributed by atoms with Crippen molar-refractivity contribution in [3.63, 3.8) is 0 Å². The van der Waals surface area contributed by atoms with Gasteiger partial charge in [-0.1, -0.05) is 25.3 Å². The average Bonchev–Trinajstić information content (AvgIpc) is 3.64. The molecular formula is C40H37F2N5O3S. The van der Waals surface area contributed by atoms with E-state index in [0.29, 0.717) is 65.6 Å². The van der Waals surface area contributed by atoms with Gasteiger partial charge in [0.2, 0.25) is 0 Å². The number of thiophene rings is 1. The van der Waals surface area contributed by atoms with Gasteiger partial charge in [-0.3, -0.25) is 4.98 Å². The number of nitrogens with zero attached hydrogens (tertiary/aromatic N) is 3. The molecule has 0 spiro atoms. The lowest BCUT2D eigenvalue weighted by molar-refractivity contribution is 0.121. The predicted molar refractivity (Wildman–Crippen MR) is 200 cm³/mol. The molecule has 5 heterocycles. The van der Waals surface area contributed by atoms with Crippen LogP contribution in [0.5, 0.6) is 11.5 Å². The van der Waals surface area contributed by atoms with Gasteiger partial charge < -0.3 is 29.8 Å². The summed E-state index contributed by atoms with van der Waals surface area (Å²) in [5.41, 5.74) is 7.10. The Bertz CT molecular complexity index is 2200. The number of hydrogen-bond acceptors (Lipinski definition) is 9. The maximum Gasteiger partial charge on any atom is 0.137 e. The summed E-state index contributed by atoms with van der Waals surface area (Å²) in [6.45, 7) is 10.4. The zero-order chi connectivity index (χ0) is 35.5. The van der Waals surface area contributed by atoms with Crippen molar-refractivity contribution in [3.05, 3.63) is 114 Å². The van der Waals surface area contributed by atoms with E-state index in [9.17, 15) is 4.39 Å². The predicted octanol–water partition coefficient (Wildman–Crippen LogP) is 8.80. The second-order valence-corrected chi connectivity index (χ2v) is 13.1. The molecule has 0 fully saturated rings. The molecule has 2 aliphatic rings. The van der Waals surface area contributed by atoms with Crippen molar-refractivity contribution >= 4 is 33.3 Å². The van der Waals surface area contributed by atoms with Gasteiger partial charge in [-0.15, -0.1) is 11.3 Å². The van der Waals surface area contributed by atoms with E-state index in [1.54, 1.807) is 19.3 Å². The lowest BCUT2D eigenvalue weighted by Crippen LogP contribution is -2.29. The zero-order valence-corrected chi connectivity index (χ0v) is 29.0. The van der Waals surface area contributed by atoms with Crippen LogP contribution in [0.2, 0.25) is 0 Å². The first-order valence-corrected chi connectivity index (χ1v) is 17.6. The van der Waals surface area contributed by atoms with Gasteiger partial charge in [-0.2, -0.15) is 0 Å². The number of hydrogen-bond donors (Lipinski definition) is 2. The van der Waals surface area contributed by atoms with E-state index in [1.807, 2.05) is 41.8 Å². The van der Waals surface area contributed by atoms with Gasteiger partial charge >= 0.3 is 0 Å². The van der Waals surface area contributed by atoms with Crippen molar-refractivity contribution < 1.29 is 23.0 Å². The molecular weight excluding hydrogens is 669 g/mol. The van der Waals surface area contributed by atoms with Crippen molar-refractivity contribution in [3.8, 4) is 45.1 Å². The summed E-state index contributed by atoms with van der Waals surface area (Å²) in [5, 5.41) is 14.0. The van der Waals surface area contributed by atoms with Crippen molar-refractivity contribution in [2.24, 2.45) is 0 Å². The average molecular weight is 706 g/mol. The van der Waals surface area contributed by atoms with Crippen LogP contribution < -0.4 is 14.8 Å². The molecule has 7 rings (SSSR count). The lowest BCUT2D eigenvalue weighted by atomic mass is 9.93. The maximum absolute atomic E-state index is 16.3. The van der Waals surface area contributed by atoms with Gasteiger partial charge in [-0.25, -0.2) is 13.8 Å². The third-order valence-electron chi connectivity index (χ3n) is 9.07. The molecule has 8 nitrogen and oxygen atoms in total. The highest BCUT2D eigenvalue weighted by molar-refractivity contribution is 7.18. The minimum Gasteiger partial charge on any atom is -0.492 e. The molecule has 260 valence electrons. The highest BCUT2D eigenvalue weighted by Crippen LogP contribution is 2.49. The van der Waals surface area contributed by atoms with E-state index in [-0.39, 0.29) is 24.5 Å². The fourth-order valence-electron chi connectivity index (χ4n) is 6.53. The molecule has 0 atom stereocenters. The third kappa shape index (κ3) is 6.74. The minimum atomic E-state index is -0.776. The number of halogens is 2. The quantitative estimate of drug-likeness (QED) is 0.107. The number of fused-ring (bicyclic) bond motifs is 5. The number of nitrogens with one attached hydrogen (secondary N) is 2. The number of allylic oxidation sites excluding steroid dienone is 1. The normalized spacial score (nSPS) is 15.3. The number of ether oxygens (including phenoxy) is 3. The summed E-state index contributed by atoms with van der Waals surface area (Å²) in [5.74, 6) is -0.907. The lowest BCUT2D eigenvalue weighted by Gasteiger charge is -2.30. The molecule has 0 radical (unpaired) electrons. The van der Waals surface area contributed by atoms with Crippen LogP contribution in [0.15, 0.2) is 85.1 Å². The number of pyridine rings is 2. The van der Waals surface area contributed by atoms with Gasteiger partial charge in [0.05, 0.1) is 36.8 Å². The fourth-order valence-corrected chi connectivity index (χ4v) is 7.48. The number of benzene rings is 2. The monoisotopic (exact) mass is 705 g/mol. The molecule has 0 unspecified atom stereocenters. The van der Waals surface area contributed by atoms with E-state index in [4.69, 9.17) is 29.6 Å². The first-order chi connectivity index (χ1) is 24.9. The van der Waals surface area contributed by atoms with Crippen LogP contribution in [0.25, 0.3) is 43.7 Å². The van der Waals surface area contributed by atoms with Gasteiger partial charge in [0.25, 0.3) is 0 Å². The smallest absolute Gasteiger partial charge is 0.137 e. The molecule has 5 aromatic rings.